The van der Waals surface area contributed by atoms with Gasteiger partial charge in [0.2, 0.25) is 11.8 Å². The summed E-state index contributed by atoms with van der Waals surface area (Å²) in [6, 6.07) is 16.6. The molecule has 4 aromatic rings. The quantitative estimate of drug-likeness (QED) is 0.0447. The molecule has 1 fully saturated rings. The molecule has 0 radical (unpaired) electrons. The molecule has 0 spiro atoms. The van der Waals surface area contributed by atoms with E-state index >= 15 is 0 Å². The minimum absolute atomic E-state index is 0.159. The number of pyridine rings is 1. The topological polar surface area (TPSA) is 155 Å². The SMILES string of the molecule is CC#CC(=O)N(CC)CC(=O)N(CCS)C(C(=O)NC(Cc1cccc(-c2ccc3c(c2)c(CC(C)(C)COC=O)c(-c2cccnc2C(C)OC)n3CC)c1)C(=O)N1CCCCN1)C(C)C. The lowest BCUT2D eigenvalue weighted by Crippen LogP contribution is -2.60. The largest absolute Gasteiger partial charge is 0.467 e. The molecule has 1 saturated heterocycles. The number of thiol groups is 1. The lowest BCUT2D eigenvalue weighted by atomic mass is 9.84. The lowest BCUT2D eigenvalue weighted by Gasteiger charge is -2.36. The van der Waals surface area contributed by atoms with Crippen molar-refractivity contribution in [3.8, 4) is 34.2 Å². The number of carbonyl (C=O) groups is 5. The van der Waals surface area contributed by atoms with Gasteiger partial charge in [0.05, 0.1) is 24.1 Å². The van der Waals surface area contributed by atoms with Gasteiger partial charge in [0.1, 0.15) is 18.6 Å². The van der Waals surface area contributed by atoms with Crippen LogP contribution in [0.3, 0.4) is 0 Å². The highest BCUT2D eigenvalue weighted by Crippen LogP contribution is 2.42. The number of rotatable bonds is 22. The van der Waals surface area contributed by atoms with Crippen LogP contribution in [0.25, 0.3) is 33.3 Å². The number of fused-ring (bicyclic) bond motifs is 1. The number of nitrogens with one attached hydrogen (secondary N) is 2. The van der Waals surface area contributed by atoms with Crippen LogP contribution in [-0.2, 0) is 52.8 Å². The molecule has 14 nitrogen and oxygen atoms in total. The third-order valence-electron chi connectivity index (χ3n) is 12.3. The second-order valence-electron chi connectivity index (χ2n) is 18.1. The first-order valence-electron chi connectivity index (χ1n) is 23.4. The van der Waals surface area contributed by atoms with Gasteiger partial charge in [-0.2, -0.15) is 12.6 Å². The minimum Gasteiger partial charge on any atom is -0.467 e. The summed E-state index contributed by atoms with van der Waals surface area (Å²) < 4.78 is 13.4. The number of carbonyl (C=O) groups excluding carboxylic acids is 5. The van der Waals surface area contributed by atoms with Gasteiger partial charge in [0.25, 0.3) is 18.3 Å². The summed E-state index contributed by atoms with van der Waals surface area (Å²) >= 11 is 4.43. The average Bonchev–Trinajstić information content (AvgIpc) is 3.63. The Morgan fingerprint density at radius 3 is 2.45 bits per heavy atom. The van der Waals surface area contributed by atoms with Gasteiger partial charge in [-0.3, -0.25) is 34.0 Å². The van der Waals surface area contributed by atoms with Crippen LogP contribution in [-0.4, -0.2) is 119 Å². The van der Waals surface area contributed by atoms with E-state index < -0.39 is 35.2 Å². The molecule has 1 aliphatic rings. The fourth-order valence-corrected chi connectivity index (χ4v) is 9.21. The molecule has 1 aliphatic heterocycles. The Bertz CT molecular complexity index is 2430. The van der Waals surface area contributed by atoms with E-state index in [1.54, 1.807) is 32.2 Å². The van der Waals surface area contributed by atoms with Crippen LogP contribution in [0.2, 0.25) is 0 Å². The van der Waals surface area contributed by atoms with Crippen LogP contribution < -0.4 is 10.7 Å². The highest BCUT2D eigenvalue weighted by molar-refractivity contribution is 7.80. The Morgan fingerprint density at radius 2 is 1.81 bits per heavy atom. The summed E-state index contributed by atoms with van der Waals surface area (Å²) in [4.78, 5) is 74.5. The molecule has 2 N–H and O–H groups in total. The van der Waals surface area contributed by atoms with Crippen molar-refractivity contribution >= 4 is 53.6 Å². The van der Waals surface area contributed by atoms with Crippen molar-refractivity contribution in [3.05, 3.63) is 77.6 Å². The zero-order valence-corrected chi connectivity index (χ0v) is 41.6. The first-order valence-corrected chi connectivity index (χ1v) is 24.0. The van der Waals surface area contributed by atoms with Crippen LogP contribution in [0.1, 0.15) is 91.2 Å². The van der Waals surface area contributed by atoms with E-state index in [-0.39, 0.29) is 56.3 Å². The number of hydrogen-bond donors (Lipinski definition) is 3. The number of hydrogen-bond acceptors (Lipinski definition) is 10. The Hall–Kier alpha value is -5.69. The summed E-state index contributed by atoms with van der Waals surface area (Å²) in [6.07, 6.45) is 4.06. The second kappa shape index (κ2) is 24.4. The number of hydrazine groups is 1. The van der Waals surface area contributed by atoms with Gasteiger partial charge in [-0.25, -0.2) is 5.43 Å². The van der Waals surface area contributed by atoms with Crippen molar-refractivity contribution < 1.29 is 33.4 Å². The molecule has 3 unspecified atom stereocenters. The Kier molecular flexibility index (Phi) is 19.0. The molecule has 3 heterocycles. The van der Waals surface area contributed by atoms with E-state index in [1.807, 2.05) is 45.0 Å². The van der Waals surface area contributed by atoms with Crippen molar-refractivity contribution in [2.24, 2.45) is 11.3 Å². The van der Waals surface area contributed by atoms with Gasteiger partial charge in [-0.15, -0.1) is 0 Å². The summed E-state index contributed by atoms with van der Waals surface area (Å²) in [5.41, 5.74) is 10.5. The van der Waals surface area contributed by atoms with Crippen molar-refractivity contribution in [2.45, 2.75) is 106 Å². The first kappa shape index (κ1) is 52.3. The minimum atomic E-state index is -0.967. The maximum absolute atomic E-state index is 14.6. The normalized spacial score (nSPS) is 14.2. The van der Waals surface area contributed by atoms with E-state index in [0.29, 0.717) is 32.5 Å². The molecule has 15 heteroatoms. The van der Waals surface area contributed by atoms with Crippen LogP contribution in [0.4, 0.5) is 0 Å². The summed E-state index contributed by atoms with van der Waals surface area (Å²) in [5.74, 6) is 3.43. The zero-order valence-electron chi connectivity index (χ0n) is 40.7. The Labute approximate surface area is 401 Å². The summed E-state index contributed by atoms with van der Waals surface area (Å²) in [6.45, 7) is 18.1. The standard InChI is InChI=1S/C52H69N7O7S/c1-10-17-45(61)56(11-2)32-46(62)58(26-27-67)48(35(4)5)50(63)55-43(51(64)59-25-14-13-24-54-59)29-37-18-15-19-38(28-37)39-21-22-44-41(30-39)42(31-52(7,8)33-66-34-60)49(57(44)12-3)40-20-16-23-53-47(40)36(6)65-9/h15-16,18-23,28,30,34-36,43,48,54,67H,11-14,24-27,29,31-33H2,1-9H3,(H,55,63). The van der Waals surface area contributed by atoms with Crippen molar-refractivity contribution in [1.29, 1.82) is 0 Å². The molecule has 2 aromatic carbocycles. The van der Waals surface area contributed by atoms with Gasteiger partial charge in [-0.05, 0) is 105 Å². The predicted octanol–water partition coefficient (Wildman–Crippen LogP) is 6.65. The van der Waals surface area contributed by atoms with Gasteiger partial charge in [0.15, 0.2) is 0 Å². The van der Waals surface area contributed by atoms with Gasteiger partial charge in [-0.1, -0.05) is 63.9 Å². The van der Waals surface area contributed by atoms with E-state index in [2.05, 4.69) is 90.9 Å². The molecule has 360 valence electrons. The van der Waals surface area contributed by atoms with E-state index in [0.717, 1.165) is 62.9 Å². The zero-order chi connectivity index (χ0) is 48.8. The highest BCUT2D eigenvalue weighted by Gasteiger charge is 2.37. The van der Waals surface area contributed by atoms with Crippen LogP contribution in [0.5, 0.6) is 0 Å². The van der Waals surface area contributed by atoms with E-state index in [1.165, 1.54) is 9.80 Å². The maximum atomic E-state index is 14.6. The maximum Gasteiger partial charge on any atom is 0.298 e. The van der Waals surface area contributed by atoms with Crippen molar-refractivity contribution in [1.82, 2.24) is 35.1 Å². The number of aromatic nitrogens is 2. The van der Waals surface area contributed by atoms with Gasteiger partial charge in [0, 0.05) is 80.1 Å². The number of aryl methyl sites for hydroxylation is 1. The van der Waals surface area contributed by atoms with Gasteiger partial charge < -0.3 is 29.2 Å². The molecule has 5 rings (SSSR count). The fraction of sp³-hybridized carbons (Fsp3) is 0.500. The second-order valence-corrected chi connectivity index (χ2v) is 18.6. The molecule has 0 saturated carbocycles. The summed E-state index contributed by atoms with van der Waals surface area (Å²) in [7, 11) is 1.68. The molecule has 3 atom stereocenters. The van der Waals surface area contributed by atoms with Crippen LogP contribution >= 0.6 is 12.6 Å². The fourth-order valence-electron chi connectivity index (χ4n) is 8.99. The monoisotopic (exact) mass is 935 g/mol. The first-order chi connectivity index (χ1) is 32.1. The Morgan fingerprint density at radius 1 is 1.04 bits per heavy atom. The number of benzene rings is 2. The van der Waals surface area contributed by atoms with Crippen molar-refractivity contribution in [2.75, 3.05) is 52.2 Å². The van der Waals surface area contributed by atoms with Gasteiger partial charge >= 0.3 is 0 Å². The van der Waals surface area contributed by atoms with E-state index in [9.17, 15) is 24.0 Å². The molecule has 67 heavy (non-hydrogen) atoms. The predicted molar refractivity (Wildman–Crippen MR) is 266 cm³/mol. The molecular weight excluding hydrogens is 867 g/mol. The number of likely N-dealkylation sites (N-methyl/N-ethyl adjacent to an activating group) is 1. The van der Waals surface area contributed by atoms with Crippen molar-refractivity contribution in [3.63, 3.8) is 0 Å². The number of amides is 4. The highest BCUT2D eigenvalue weighted by atomic mass is 32.1. The number of ether oxygens (including phenoxy) is 2. The third-order valence-corrected chi connectivity index (χ3v) is 12.5. The average molecular weight is 936 g/mol. The summed E-state index contributed by atoms with van der Waals surface area (Å²) in [5, 5.41) is 5.73. The van der Waals surface area contributed by atoms with E-state index in [4.69, 9.17) is 14.5 Å². The van der Waals surface area contributed by atoms with Crippen LogP contribution in [0.15, 0.2) is 60.8 Å². The molecule has 0 aliphatic carbocycles. The van der Waals surface area contributed by atoms with Crippen LogP contribution in [0, 0.1) is 23.2 Å². The Balaban J connectivity index is 1.56. The molecule has 4 amide bonds. The molecular formula is C52H69N7O7S. The third kappa shape index (κ3) is 12.9. The molecule has 0 bridgehead atoms. The molecule has 2 aromatic heterocycles. The number of nitrogens with zero attached hydrogens (tertiary/aromatic N) is 5. The number of methoxy groups -OCH3 is 1. The smallest absolute Gasteiger partial charge is 0.298 e. The lowest BCUT2D eigenvalue weighted by molar-refractivity contribution is -0.146.